The molecular formula is C17H31NO2. The van der Waals surface area contributed by atoms with Gasteiger partial charge in [0.1, 0.15) is 0 Å². The van der Waals surface area contributed by atoms with Crippen LogP contribution in [-0.4, -0.2) is 43.0 Å². The minimum atomic E-state index is -0.244. The van der Waals surface area contributed by atoms with E-state index in [1.165, 1.54) is 38.8 Å². The summed E-state index contributed by atoms with van der Waals surface area (Å²) in [6.45, 7) is 11.0. The lowest BCUT2D eigenvalue weighted by Gasteiger charge is -2.53. The van der Waals surface area contributed by atoms with Crippen LogP contribution in [0.4, 0.5) is 0 Å². The Balaban J connectivity index is 1.64. The molecule has 0 aromatic heterocycles. The van der Waals surface area contributed by atoms with Crippen LogP contribution in [0.1, 0.15) is 59.3 Å². The molecule has 3 fully saturated rings. The van der Waals surface area contributed by atoms with E-state index in [2.05, 4.69) is 25.7 Å². The summed E-state index contributed by atoms with van der Waals surface area (Å²) < 4.78 is 12.5. The third kappa shape index (κ3) is 2.90. The molecule has 2 aliphatic heterocycles. The van der Waals surface area contributed by atoms with E-state index in [0.29, 0.717) is 0 Å². The van der Waals surface area contributed by atoms with E-state index in [1.54, 1.807) is 0 Å². The van der Waals surface area contributed by atoms with Gasteiger partial charge >= 0.3 is 0 Å². The second kappa shape index (κ2) is 5.58. The fraction of sp³-hybridized carbons (Fsp3) is 1.00. The number of nitrogens with zero attached hydrogens (tertiary/aromatic N) is 1. The smallest absolute Gasteiger partial charge is 0.168 e. The van der Waals surface area contributed by atoms with E-state index in [1.807, 2.05) is 0 Å². The summed E-state index contributed by atoms with van der Waals surface area (Å²) in [4.78, 5) is 2.73. The lowest BCUT2D eigenvalue weighted by molar-refractivity contribution is -0.320. The van der Waals surface area contributed by atoms with Gasteiger partial charge in [-0.25, -0.2) is 0 Å². The standard InChI is InChI=1S/C17H31NO2/c1-4-9-18-10-5-6-14-11-17(8-7-15(14)18)19-12-16(2,3)13-20-17/h14-15H,4-13H2,1-3H3/t14-,15+/m0/s1. The van der Waals surface area contributed by atoms with Crippen molar-refractivity contribution in [3.8, 4) is 0 Å². The van der Waals surface area contributed by atoms with Gasteiger partial charge in [-0.15, -0.1) is 0 Å². The van der Waals surface area contributed by atoms with E-state index in [0.717, 1.165) is 38.0 Å². The molecule has 0 unspecified atom stereocenters. The van der Waals surface area contributed by atoms with Gasteiger partial charge in [-0.2, -0.15) is 0 Å². The summed E-state index contributed by atoms with van der Waals surface area (Å²) in [6.07, 6.45) is 7.45. The summed E-state index contributed by atoms with van der Waals surface area (Å²) in [5.41, 5.74) is 0.183. The molecule has 0 aromatic carbocycles. The number of fused-ring (bicyclic) bond motifs is 1. The Hall–Kier alpha value is -0.120. The van der Waals surface area contributed by atoms with Crippen LogP contribution >= 0.6 is 0 Å². The number of hydrogen-bond donors (Lipinski definition) is 0. The van der Waals surface area contributed by atoms with Crippen LogP contribution in [0.15, 0.2) is 0 Å². The number of likely N-dealkylation sites (tertiary alicyclic amines) is 1. The first-order valence-corrected chi connectivity index (χ1v) is 8.56. The van der Waals surface area contributed by atoms with Gasteiger partial charge in [-0.1, -0.05) is 20.8 Å². The van der Waals surface area contributed by atoms with Crippen molar-refractivity contribution in [2.24, 2.45) is 11.3 Å². The summed E-state index contributed by atoms with van der Waals surface area (Å²) >= 11 is 0. The molecule has 3 nitrogen and oxygen atoms in total. The number of ether oxygens (including phenoxy) is 2. The average molecular weight is 281 g/mol. The first kappa shape index (κ1) is 14.8. The van der Waals surface area contributed by atoms with Crippen molar-refractivity contribution < 1.29 is 9.47 Å². The first-order valence-electron chi connectivity index (χ1n) is 8.56. The van der Waals surface area contributed by atoms with Crippen LogP contribution in [0, 0.1) is 11.3 Å². The predicted molar refractivity (Wildman–Crippen MR) is 80.6 cm³/mol. The van der Waals surface area contributed by atoms with Crippen molar-refractivity contribution in [1.29, 1.82) is 0 Å². The minimum Gasteiger partial charge on any atom is -0.349 e. The molecule has 3 heteroatoms. The molecule has 0 amide bonds. The van der Waals surface area contributed by atoms with Crippen molar-refractivity contribution >= 4 is 0 Å². The molecule has 116 valence electrons. The van der Waals surface area contributed by atoms with E-state index in [-0.39, 0.29) is 11.2 Å². The van der Waals surface area contributed by atoms with Crippen LogP contribution in [0.25, 0.3) is 0 Å². The number of rotatable bonds is 2. The second-order valence-electron chi connectivity index (χ2n) is 7.90. The molecule has 3 rings (SSSR count). The highest BCUT2D eigenvalue weighted by Gasteiger charge is 2.48. The quantitative estimate of drug-likeness (QED) is 0.774. The van der Waals surface area contributed by atoms with Crippen molar-refractivity contribution in [2.45, 2.75) is 71.1 Å². The van der Waals surface area contributed by atoms with E-state index >= 15 is 0 Å². The second-order valence-corrected chi connectivity index (χ2v) is 7.90. The molecule has 1 aliphatic carbocycles. The fourth-order valence-electron chi connectivity index (χ4n) is 4.30. The fourth-order valence-corrected chi connectivity index (χ4v) is 4.30. The zero-order chi connectivity index (χ0) is 14.2. The lowest BCUT2D eigenvalue weighted by Crippen LogP contribution is -2.56. The maximum Gasteiger partial charge on any atom is 0.168 e. The maximum absolute atomic E-state index is 6.23. The monoisotopic (exact) mass is 281 g/mol. The van der Waals surface area contributed by atoms with Gasteiger partial charge in [0, 0.05) is 24.3 Å². The molecule has 2 saturated heterocycles. The van der Waals surface area contributed by atoms with Gasteiger partial charge in [0.25, 0.3) is 0 Å². The lowest BCUT2D eigenvalue weighted by atomic mass is 9.74. The molecule has 0 bridgehead atoms. The highest BCUT2D eigenvalue weighted by molar-refractivity contribution is 4.95. The van der Waals surface area contributed by atoms with Gasteiger partial charge in [0.05, 0.1) is 13.2 Å². The maximum atomic E-state index is 6.23. The molecule has 0 aromatic rings. The van der Waals surface area contributed by atoms with Crippen molar-refractivity contribution in [3.63, 3.8) is 0 Å². The van der Waals surface area contributed by atoms with Crippen molar-refractivity contribution in [3.05, 3.63) is 0 Å². The van der Waals surface area contributed by atoms with Gasteiger partial charge in [-0.3, -0.25) is 0 Å². The third-order valence-corrected chi connectivity index (χ3v) is 5.39. The molecule has 0 N–H and O–H groups in total. The van der Waals surface area contributed by atoms with Crippen LogP contribution in [-0.2, 0) is 9.47 Å². The SMILES string of the molecule is CCCN1CCC[C@H]2CC3(CC[C@H]21)OCC(C)(C)CO3. The molecule has 20 heavy (non-hydrogen) atoms. The Labute approximate surface area is 124 Å². The van der Waals surface area contributed by atoms with Crippen LogP contribution in [0.5, 0.6) is 0 Å². The summed E-state index contributed by atoms with van der Waals surface area (Å²) in [5, 5.41) is 0. The summed E-state index contributed by atoms with van der Waals surface area (Å²) in [6, 6.07) is 0.788. The van der Waals surface area contributed by atoms with Gasteiger partial charge in [0.2, 0.25) is 0 Å². The molecule has 2 atom stereocenters. The normalized spacial score (nSPS) is 36.8. The number of hydrogen-bond acceptors (Lipinski definition) is 3. The predicted octanol–water partition coefficient (Wildman–Crippen LogP) is 3.43. The minimum absolute atomic E-state index is 0.183. The van der Waals surface area contributed by atoms with Crippen molar-refractivity contribution in [2.75, 3.05) is 26.3 Å². The van der Waals surface area contributed by atoms with Crippen molar-refractivity contribution in [1.82, 2.24) is 4.90 Å². The van der Waals surface area contributed by atoms with Gasteiger partial charge < -0.3 is 14.4 Å². The van der Waals surface area contributed by atoms with Crippen LogP contribution < -0.4 is 0 Å². The zero-order valence-corrected chi connectivity index (χ0v) is 13.5. The molecule has 1 spiro atoms. The number of piperidine rings is 1. The summed E-state index contributed by atoms with van der Waals surface area (Å²) in [5.74, 6) is 0.539. The highest BCUT2D eigenvalue weighted by atomic mass is 16.7. The Morgan fingerprint density at radius 1 is 1.15 bits per heavy atom. The van der Waals surface area contributed by atoms with Crippen LogP contribution in [0.3, 0.4) is 0 Å². The Bertz CT molecular complexity index is 330. The molecule has 2 heterocycles. The largest absolute Gasteiger partial charge is 0.349 e. The average Bonchev–Trinajstić information content (AvgIpc) is 2.43. The third-order valence-electron chi connectivity index (χ3n) is 5.39. The first-order chi connectivity index (χ1) is 9.54. The Morgan fingerprint density at radius 2 is 1.90 bits per heavy atom. The zero-order valence-electron chi connectivity index (χ0n) is 13.5. The van der Waals surface area contributed by atoms with E-state index in [9.17, 15) is 0 Å². The summed E-state index contributed by atoms with van der Waals surface area (Å²) in [7, 11) is 0. The topological polar surface area (TPSA) is 21.7 Å². The van der Waals surface area contributed by atoms with E-state index in [4.69, 9.17) is 9.47 Å². The van der Waals surface area contributed by atoms with Gasteiger partial charge in [0.15, 0.2) is 5.79 Å². The molecule has 3 aliphatic rings. The Kier molecular flexibility index (Phi) is 4.13. The Morgan fingerprint density at radius 3 is 2.60 bits per heavy atom. The van der Waals surface area contributed by atoms with Crippen LogP contribution in [0.2, 0.25) is 0 Å². The molecule has 1 saturated carbocycles. The molecular weight excluding hydrogens is 250 g/mol. The van der Waals surface area contributed by atoms with E-state index < -0.39 is 0 Å². The molecule has 0 radical (unpaired) electrons. The van der Waals surface area contributed by atoms with Gasteiger partial charge in [-0.05, 0) is 44.7 Å². The highest BCUT2D eigenvalue weighted by Crippen LogP contribution is 2.45.